The van der Waals surface area contributed by atoms with Crippen LogP contribution in [-0.2, 0) is 0 Å². The van der Waals surface area contributed by atoms with E-state index in [-0.39, 0.29) is 0 Å². The number of methoxy groups -OCH3 is 2. The first kappa shape index (κ1) is 13.2. The van der Waals surface area contributed by atoms with Crippen molar-refractivity contribution in [1.29, 1.82) is 0 Å². The quantitative estimate of drug-likeness (QED) is 0.870. The number of ether oxygens (including phenoxy) is 2. The summed E-state index contributed by atoms with van der Waals surface area (Å²) in [7, 11) is 5.49. The van der Waals surface area contributed by atoms with Crippen LogP contribution in [-0.4, -0.2) is 27.3 Å². The topological polar surface area (TPSA) is 30.5 Å². The maximum Gasteiger partial charge on any atom is 0.122 e. The Kier molecular flexibility index (Phi) is 4.12. The van der Waals surface area contributed by atoms with Crippen LogP contribution in [0, 0.1) is 5.92 Å². The number of rotatable bonds is 5. The fourth-order valence-corrected chi connectivity index (χ4v) is 3.10. The summed E-state index contributed by atoms with van der Waals surface area (Å²) in [6, 6.07) is 6.72. The average molecular weight is 249 g/mol. The largest absolute Gasteiger partial charge is 0.497 e. The maximum absolute atomic E-state index is 5.49. The van der Waals surface area contributed by atoms with Crippen LogP contribution in [0.3, 0.4) is 0 Å². The van der Waals surface area contributed by atoms with Gasteiger partial charge in [-0.15, -0.1) is 0 Å². The van der Waals surface area contributed by atoms with Crippen molar-refractivity contribution >= 4 is 0 Å². The molecule has 18 heavy (non-hydrogen) atoms. The molecule has 1 fully saturated rings. The molecule has 0 heterocycles. The molecule has 2 rings (SSSR count). The molecule has 1 aliphatic rings. The zero-order valence-corrected chi connectivity index (χ0v) is 11.7. The van der Waals surface area contributed by atoms with Crippen LogP contribution < -0.4 is 14.8 Å². The van der Waals surface area contributed by atoms with E-state index in [1.165, 1.54) is 18.4 Å². The molecule has 0 bridgehead atoms. The summed E-state index contributed by atoms with van der Waals surface area (Å²) >= 11 is 0. The monoisotopic (exact) mass is 249 g/mol. The first-order valence-electron chi connectivity index (χ1n) is 6.64. The Bertz CT molecular complexity index is 405. The molecule has 1 aliphatic carbocycles. The van der Waals surface area contributed by atoms with Crippen LogP contribution in [0.5, 0.6) is 11.5 Å². The molecule has 1 N–H and O–H groups in total. The summed E-state index contributed by atoms with van der Waals surface area (Å²) < 4.78 is 10.8. The minimum atomic E-state index is 0.581. The van der Waals surface area contributed by atoms with E-state index in [1.807, 2.05) is 19.2 Å². The highest BCUT2D eigenvalue weighted by molar-refractivity contribution is 5.44. The van der Waals surface area contributed by atoms with Gasteiger partial charge in [-0.1, -0.05) is 13.3 Å². The van der Waals surface area contributed by atoms with E-state index in [0.29, 0.717) is 17.9 Å². The molecule has 3 heteroatoms. The first-order chi connectivity index (χ1) is 8.74. The highest BCUT2D eigenvalue weighted by Crippen LogP contribution is 2.48. The molecule has 1 saturated carbocycles. The van der Waals surface area contributed by atoms with Crippen LogP contribution in [0.1, 0.15) is 31.2 Å². The van der Waals surface area contributed by atoms with Crippen molar-refractivity contribution in [3.05, 3.63) is 23.8 Å². The molecule has 0 saturated heterocycles. The van der Waals surface area contributed by atoms with E-state index in [1.54, 1.807) is 14.2 Å². The van der Waals surface area contributed by atoms with E-state index in [9.17, 15) is 0 Å². The molecule has 0 amide bonds. The van der Waals surface area contributed by atoms with Gasteiger partial charge in [0.1, 0.15) is 11.5 Å². The van der Waals surface area contributed by atoms with Crippen molar-refractivity contribution in [1.82, 2.24) is 5.32 Å². The van der Waals surface area contributed by atoms with Gasteiger partial charge in [0.05, 0.1) is 14.2 Å². The van der Waals surface area contributed by atoms with Crippen molar-refractivity contribution < 1.29 is 9.47 Å². The molecule has 3 atom stereocenters. The van der Waals surface area contributed by atoms with Crippen molar-refractivity contribution in [3.63, 3.8) is 0 Å². The lowest BCUT2D eigenvalue weighted by Crippen LogP contribution is -2.47. The third-order valence-corrected chi connectivity index (χ3v) is 4.22. The highest BCUT2D eigenvalue weighted by atomic mass is 16.5. The van der Waals surface area contributed by atoms with Crippen LogP contribution in [0.25, 0.3) is 0 Å². The van der Waals surface area contributed by atoms with Gasteiger partial charge in [-0.05, 0) is 43.5 Å². The second-order valence-electron chi connectivity index (χ2n) is 4.92. The maximum atomic E-state index is 5.49. The lowest BCUT2D eigenvalue weighted by Gasteiger charge is -2.45. The second kappa shape index (κ2) is 5.61. The molecule has 3 nitrogen and oxygen atoms in total. The van der Waals surface area contributed by atoms with Crippen molar-refractivity contribution in [2.75, 3.05) is 21.3 Å². The van der Waals surface area contributed by atoms with Crippen LogP contribution in [0.4, 0.5) is 0 Å². The Morgan fingerprint density at radius 1 is 1.28 bits per heavy atom. The van der Waals surface area contributed by atoms with E-state index in [4.69, 9.17) is 9.47 Å². The number of benzene rings is 1. The number of hydrogen-bond donors (Lipinski definition) is 1. The third kappa shape index (κ3) is 2.19. The van der Waals surface area contributed by atoms with E-state index in [0.717, 1.165) is 11.5 Å². The van der Waals surface area contributed by atoms with Crippen molar-refractivity contribution in [2.45, 2.75) is 31.7 Å². The van der Waals surface area contributed by atoms with Gasteiger partial charge in [0, 0.05) is 11.6 Å². The minimum absolute atomic E-state index is 0.581. The summed E-state index contributed by atoms with van der Waals surface area (Å²) in [6.07, 6.45) is 2.37. The first-order valence-corrected chi connectivity index (χ1v) is 6.64. The summed E-state index contributed by atoms with van der Waals surface area (Å²) in [5.41, 5.74) is 1.29. The van der Waals surface area contributed by atoms with Crippen LogP contribution in [0.2, 0.25) is 0 Å². The van der Waals surface area contributed by atoms with Gasteiger partial charge in [0.15, 0.2) is 0 Å². The Morgan fingerprint density at radius 3 is 2.61 bits per heavy atom. The minimum Gasteiger partial charge on any atom is -0.497 e. The van der Waals surface area contributed by atoms with Crippen LogP contribution >= 0.6 is 0 Å². The molecule has 0 radical (unpaired) electrons. The molecule has 0 aromatic heterocycles. The average Bonchev–Trinajstić information content (AvgIpc) is 2.38. The zero-order valence-electron chi connectivity index (χ0n) is 11.7. The molecular formula is C15H23NO2. The third-order valence-electron chi connectivity index (χ3n) is 4.22. The van der Waals surface area contributed by atoms with E-state index >= 15 is 0 Å². The molecule has 0 spiro atoms. The Labute approximate surface area is 109 Å². The van der Waals surface area contributed by atoms with Crippen LogP contribution in [0.15, 0.2) is 18.2 Å². The highest BCUT2D eigenvalue weighted by Gasteiger charge is 2.40. The van der Waals surface area contributed by atoms with Gasteiger partial charge < -0.3 is 14.8 Å². The molecular weight excluding hydrogens is 226 g/mol. The normalized spacial score (nSPS) is 26.6. The van der Waals surface area contributed by atoms with E-state index in [2.05, 4.69) is 18.3 Å². The Hall–Kier alpha value is -1.22. The summed E-state index contributed by atoms with van der Waals surface area (Å²) in [5, 5.41) is 3.40. The van der Waals surface area contributed by atoms with E-state index < -0.39 is 0 Å². The predicted octanol–water partition coefficient (Wildman–Crippen LogP) is 2.81. The SMILES string of the molecule is CCC1C(NC)CC1c1cc(OC)ccc1OC. The van der Waals surface area contributed by atoms with Gasteiger partial charge in [0.25, 0.3) is 0 Å². The van der Waals surface area contributed by atoms with Crippen molar-refractivity contribution in [3.8, 4) is 11.5 Å². The molecule has 1 aromatic rings. The standard InChI is InChI=1S/C15H23NO2/c1-5-11-12(9-14(11)16-2)13-8-10(17-3)6-7-15(13)18-4/h6-8,11-12,14,16H,5,9H2,1-4H3. The van der Waals surface area contributed by atoms with Crippen molar-refractivity contribution in [2.24, 2.45) is 5.92 Å². The summed E-state index contributed by atoms with van der Waals surface area (Å²) in [5.74, 6) is 3.16. The number of nitrogens with one attached hydrogen (secondary N) is 1. The Morgan fingerprint density at radius 2 is 2.06 bits per heavy atom. The van der Waals surface area contributed by atoms with Gasteiger partial charge in [-0.25, -0.2) is 0 Å². The lowest BCUT2D eigenvalue weighted by molar-refractivity contribution is 0.166. The lowest BCUT2D eigenvalue weighted by atomic mass is 9.65. The smallest absolute Gasteiger partial charge is 0.122 e. The van der Waals surface area contributed by atoms with Gasteiger partial charge in [-0.2, -0.15) is 0 Å². The molecule has 1 aromatic carbocycles. The van der Waals surface area contributed by atoms with Gasteiger partial charge >= 0.3 is 0 Å². The van der Waals surface area contributed by atoms with Gasteiger partial charge in [-0.3, -0.25) is 0 Å². The molecule has 3 unspecified atom stereocenters. The summed E-state index contributed by atoms with van der Waals surface area (Å²) in [4.78, 5) is 0. The van der Waals surface area contributed by atoms with Gasteiger partial charge in [0.2, 0.25) is 0 Å². The Balaban J connectivity index is 2.27. The zero-order chi connectivity index (χ0) is 13.1. The predicted molar refractivity (Wildman–Crippen MR) is 73.5 cm³/mol. The molecule has 0 aliphatic heterocycles. The fraction of sp³-hybridized carbons (Fsp3) is 0.600. The number of hydrogen-bond acceptors (Lipinski definition) is 3. The summed E-state index contributed by atoms with van der Waals surface area (Å²) in [6.45, 7) is 2.26. The second-order valence-corrected chi connectivity index (χ2v) is 4.92. The fourth-order valence-electron chi connectivity index (χ4n) is 3.10. The molecule has 100 valence electrons.